The Morgan fingerprint density at radius 3 is 2.65 bits per heavy atom. The highest BCUT2D eigenvalue weighted by Crippen LogP contribution is 2.21. The van der Waals surface area contributed by atoms with Crippen molar-refractivity contribution in [3.8, 4) is 0 Å². The summed E-state index contributed by atoms with van der Waals surface area (Å²) in [5, 5.41) is 3.18. The molecular weight excluding hydrogens is 304 g/mol. The van der Waals surface area contributed by atoms with Crippen LogP contribution in [-0.4, -0.2) is 41.6 Å². The predicted octanol–water partition coefficient (Wildman–Crippen LogP) is 1.01. The molecule has 1 aromatic rings. The molecule has 0 fully saturated rings. The van der Waals surface area contributed by atoms with E-state index in [4.69, 9.17) is 11.6 Å². The number of hydrogen-bond donors (Lipinski definition) is 2. The molecule has 0 aliphatic rings. The normalized spacial score (nSPS) is 11.3. The molecule has 0 saturated heterocycles. The summed E-state index contributed by atoms with van der Waals surface area (Å²) in [6.45, 7) is 0.958. The number of carbonyl (C=O) groups excluding carboxylic acids is 1. The summed E-state index contributed by atoms with van der Waals surface area (Å²) in [4.78, 5) is 11.5. The third-order valence-corrected chi connectivity index (χ3v) is 4.29. The van der Waals surface area contributed by atoms with Crippen LogP contribution in [0.4, 0.5) is 0 Å². The fraction of sp³-hybridized carbons (Fsp3) is 0.417. The summed E-state index contributed by atoms with van der Waals surface area (Å²) in [6.07, 6.45) is 0.636. The Kier molecular flexibility index (Phi) is 6.41. The van der Waals surface area contributed by atoms with Crippen molar-refractivity contribution >= 4 is 27.6 Å². The molecule has 0 amide bonds. The molecule has 0 heterocycles. The second-order valence-corrected chi connectivity index (χ2v) is 6.16. The summed E-state index contributed by atoms with van der Waals surface area (Å²) in [5.41, 5.74) is -0.0823. The fourth-order valence-electron chi connectivity index (χ4n) is 1.56. The molecular formula is C12H17ClN2O4S. The van der Waals surface area contributed by atoms with Crippen LogP contribution in [0.3, 0.4) is 0 Å². The highest BCUT2D eigenvalue weighted by molar-refractivity contribution is 7.89. The van der Waals surface area contributed by atoms with Crippen molar-refractivity contribution in [2.24, 2.45) is 0 Å². The molecule has 0 unspecified atom stereocenters. The van der Waals surface area contributed by atoms with E-state index in [1.165, 1.54) is 25.3 Å². The largest absolute Gasteiger partial charge is 0.465 e. The van der Waals surface area contributed by atoms with E-state index < -0.39 is 16.0 Å². The van der Waals surface area contributed by atoms with Gasteiger partial charge in [-0.25, -0.2) is 17.9 Å². The Bertz CT molecular complexity index is 575. The highest BCUT2D eigenvalue weighted by Gasteiger charge is 2.22. The number of ether oxygens (including phenoxy) is 1. The molecule has 0 spiro atoms. The van der Waals surface area contributed by atoms with E-state index in [1.807, 2.05) is 0 Å². The van der Waals surface area contributed by atoms with Crippen LogP contribution < -0.4 is 10.0 Å². The van der Waals surface area contributed by atoms with E-state index in [0.717, 1.165) is 0 Å². The first-order valence-electron chi connectivity index (χ1n) is 5.94. The van der Waals surface area contributed by atoms with Crippen molar-refractivity contribution in [2.75, 3.05) is 27.2 Å². The minimum atomic E-state index is -3.78. The first kappa shape index (κ1) is 16.9. The third kappa shape index (κ3) is 4.45. The number of hydrogen-bond acceptors (Lipinski definition) is 5. The van der Waals surface area contributed by atoms with Gasteiger partial charge in [0.05, 0.1) is 17.6 Å². The van der Waals surface area contributed by atoms with Gasteiger partial charge in [-0.1, -0.05) is 11.6 Å². The lowest BCUT2D eigenvalue weighted by Gasteiger charge is -2.10. The summed E-state index contributed by atoms with van der Waals surface area (Å²) < 4.78 is 31.3. The maximum Gasteiger partial charge on any atom is 0.339 e. The Morgan fingerprint density at radius 2 is 2.05 bits per heavy atom. The summed E-state index contributed by atoms with van der Waals surface area (Å²) in [5.74, 6) is -0.747. The Labute approximate surface area is 123 Å². The molecule has 20 heavy (non-hydrogen) atoms. The average Bonchev–Trinajstić information content (AvgIpc) is 2.42. The van der Waals surface area contributed by atoms with Gasteiger partial charge in [0.15, 0.2) is 0 Å². The van der Waals surface area contributed by atoms with E-state index in [2.05, 4.69) is 14.8 Å². The number of nitrogens with one attached hydrogen (secondary N) is 2. The van der Waals surface area contributed by atoms with Crippen LogP contribution in [0.25, 0.3) is 0 Å². The maximum atomic E-state index is 12.2. The molecule has 0 aromatic heterocycles. The minimum Gasteiger partial charge on any atom is -0.465 e. The molecule has 0 aliphatic heterocycles. The molecule has 0 atom stereocenters. The summed E-state index contributed by atoms with van der Waals surface area (Å²) >= 11 is 5.78. The van der Waals surface area contributed by atoms with E-state index in [0.29, 0.717) is 13.0 Å². The van der Waals surface area contributed by atoms with Gasteiger partial charge >= 0.3 is 5.97 Å². The van der Waals surface area contributed by atoms with Crippen LogP contribution in [0.1, 0.15) is 16.8 Å². The number of esters is 1. The van der Waals surface area contributed by atoms with E-state index in [1.54, 1.807) is 7.05 Å². The molecule has 1 aromatic carbocycles. The maximum absolute atomic E-state index is 12.2. The molecule has 0 saturated carbocycles. The topological polar surface area (TPSA) is 84.5 Å². The zero-order valence-corrected chi connectivity index (χ0v) is 12.8. The van der Waals surface area contributed by atoms with Crippen molar-refractivity contribution < 1.29 is 17.9 Å². The van der Waals surface area contributed by atoms with Crippen molar-refractivity contribution in [3.63, 3.8) is 0 Å². The molecule has 0 radical (unpaired) electrons. The third-order valence-electron chi connectivity index (χ3n) is 2.53. The number of carbonyl (C=O) groups is 1. The van der Waals surface area contributed by atoms with E-state index in [-0.39, 0.29) is 22.0 Å². The Balaban J connectivity index is 3.02. The van der Waals surface area contributed by atoms with Gasteiger partial charge in [-0.15, -0.1) is 0 Å². The van der Waals surface area contributed by atoms with Gasteiger partial charge in [-0.3, -0.25) is 0 Å². The highest BCUT2D eigenvalue weighted by atomic mass is 35.5. The van der Waals surface area contributed by atoms with Crippen molar-refractivity contribution in [1.29, 1.82) is 0 Å². The molecule has 0 bridgehead atoms. The first-order valence-corrected chi connectivity index (χ1v) is 7.80. The van der Waals surface area contributed by atoms with Gasteiger partial charge in [0.25, 0.3) is 0 Å². The number of methoxy groups -OCH3 is 1. The lowest BCUT2D eigenvalue weighted by atomic mass is 10.2. The lowest BCUT2D eigenvalue weighted by Crippen LogP contribution is -2.28. The molecule has 1 rings (SSSR count). The van der Waals surface area contributed by atoms with Crippen LogP contribution in [0.2, 0.25) is 5.02 Å². The van der Waals surface area contributed by atoms with Gasteiger partial charge in [0, 0.05) is 11.6 Å². The smallest absolute Gasteiger partial charge is 0.339 e. The van der Waals surface area contributed by atoms with Crippen LogP contribution >= 0.6 is 11.6 Å². The van der Waals surface area contributed by atoms with Crippen molar-refractivity contribution in [3.05, 3.63) is 28.8 Å². The lowest BCUT2D eigenvalue weighted by molar-refractivity contribution is 0.0596. The predicted molar refractivity (Wildman–Crippen MR) is 76.5 cm³/mol. The standard InChI is InChI=1S/C12H17ClN2O4S/c1-14-6-3-7-15-20(17,18)11-5-4-9(13)8-10(11)12(16)19-2/h4-5,8,14-15H,3,6-7H2,1-2H3. The minimum absolute atomic E-state index is 0.0823. The van der Waals surface area contributed by atoms with Crippen LogP contribution in [0.5, 0.6) is 0 Å². The molecule has 2 N–H and O–H groups in total. The van der Waals surface area contributed by atoms with Gasteiger partial charge < -0.3 is 10.1 Å². The molecule has 112 valence electrons. The summed E-state index contributed by atoms with van der Waals surface area (Å²) in [6, 6.07) is 3.97. The Hall–Kier alpha value is -1.15. The van der Waals surface area contributed by atoms with E-state index >= 15 is 0 Å². The molecule has 8 heteroatoms. The van der Waals surface area contributed by atoms with Crippen molar-refractivity contribution in [2.45, 2.75) is 11.3 Å². The van der Waals surface area contributed by atoms with Crippen molar-refractivity contribution in [1.82, 2.24) is 10.0 Å². The Morgan fingerprint density at radius 1 is 1.35 bits per heavy atom. The average molecular weight is 321 g/mol. The number of benzene rings is 1. The number of rotatable bonds is 7. The van der Waals surface area contributed by atoms with Crippen LogP contribution in [0.15, 0.2) is 23.1 Å². The van der Waals surface area contributed by atoms with Crippen LogP contribution in [0, 0.1) is 0 Å². The fourth-order valence-corrected chi connectivity index (χ4v) is 2.98. The first-order chi connectivity index (χ1) is 9.42. The second-order valence-electron chi connectivity index (χ2n) is 3.99. The number of halogens is 1. The van der Waals surface area contributed by atoms with Gasteiger partial charge in [0.2, 0.25) is 10.0 Å². The van der Waals surface area contributed by atoms with Gasteiger partial charge in [-0.2, -0.15) is 0 Å². The monoisotopic (exact) mass is 320 g/mol. The summed E-state index contributed by atoms with van der Waals surface area (Å²) in [7, 11) is -0.819. The quantitative estimate of drug-likeness (QED) is 0.578. The molecule has 6 nitrogen and oxygen atoms in total. The van der Waals surface area contributed by atoms with Crippen LogP contribution in [-0.2, 0) is 14.8 Å². The van der Waals surface area contributed by atoms with Gasteiger partial charge in [-0.05, 0) is 38.2 Å². The van der Waals surface area contributed by atoms with E-state index in [9.17, 15) is 13.2 Å². The second kappa shape index (κ2) is 7.58. The molecule has 0 aliphatic carbocycles. The zero-order chi connectivity index (χ0) is 15.2. The number of sulfonamides is 1. The zero-order valence-electron chi connectivity index (χ0n) is 11.3. The van der Waals surface area contributed by atoms with Gasteiger partial charge in [0.1, 0.15) is 0 Å². The SMILES string of the molecule is CNCCCNS(=O)(=O)c1ccc(Cl)cc1C(=O)OC.